The van der Waals surface area contributed by atoms with Crippen LogP contribution < -0.4 is 10.4 Å². The topological polar surface area (TPSA) is 34.6 Å². The third kappa shape index (κ3) is 3.51. The molecule has 0 bridgehead atoms. The van der Waals surface area contributed by atoms with Crippen molar-refractivity contribution in [3.63, 3.8) is 0 Å². The molecule has 0 aliphatic carbocycles. The Morgan fingerprint density at radius 1 is 0.826 bits per heavy atom. The van der Waals surface area contributed by atoms with Gasteiger partial charge in [0, 0.05) is 14.1 Å². The van der Waals surface area contributed by atoms with E-state index in [0.717, 1.165) is 21.8 Å². The lowest BCUT2D eigenvalue weighted by molar-refractivity contribution is 0.738. The summed E-state index contributed by atoms with van der Waals surface area (Å²) < 4.78 is 4.06. The maximum Gasteiger partial charge on any atom is 0.221 e. The van der Waals surface area contributed by atoms with Gasteiger partial charge in [-0.1, -0.05) is 24.3 Å². The number of hydrogen-bond donors (Lipinski definition) is 0. The number of nitrogens with zero attached hydrogens (tertiary/aromatic N) is 4. The van der Waals surface area contributed by atoms with Crippen LogP contribution in [0.2, 0.25) is 0 Å². The van der Waals surface area contributed by atoms with E-state index in [-0.39, 0.29) is 0 Å². The third-order valence-corrected chi connectivity index (χ3v) is 4.51. The summed E-state index contributed by atoms with van der Waals surface area (Å²) in [5.41, 5.74) is 5.21. The number of aryl methyl sites for hydroxylation is 3. The molecule has 0 spiro atoms. The fraction of sp³-hybridized carbons (Fsp3) is 0.222. The van der Waals surface area contributed by atoms with E-state index in [2.05, 4.69) is 38.1 Å². The summed E-state index contributed by atoms with van der Waals surface area (Å²) in [4.78, 5) is 10.4. The lowest BCUT2D eigenvalue weighted by Crippen LogP contribution is -2.26. The van der Waals surface area contributed by atoms with Gasteiger partial charge in [-0.15, -0.1) is 0 Å². The molecule has 1 aromatic heterocycles. The second-order valence-corrected chi connectivity index (χ2v) is 6.73. The van der Waals surface area contributed by atoms with E-state index in [1.807, 2.05) is 46.9 Å². The summed E-state index contributed by atoms with van der Waals surface area (Å²) in [6, 6.07) is 16.4. The molecule has 4 nitrogen and oxygen atoms in total. The van der Waals surface area contributed by atoms with E-state index in [0.29, 0.717) is 0 Å². The van der Waals surface area contributed by atoms with Gasteiger partial charge in [0.15, 0.2) is 0 Å². The molecule has 0 saturated carbocycles. The van der Waals surface area contributed by atoms with Crippen molar-refractivity contribution in [3.8, 4) is 0 Å². The first-order valence-electron chi connectivity index (χ1n) is 7.49. The van der Waals surface area contributed by atoms with Crippen LogP contribution in [0.4, 0.5) is 11.4 Å². The molecular weight excluding hydrogens is 304 g/mol. The van der Waals surface area contributed by atoms with Crippen LogP contribution in [0.3, 0.4) is 0 Å². The largest absolute Gasteiger partial charge is 0.289 e. The van der Waals surface area contributed by atoms with Crippen molar-refractivity contribution < 1.29 is 0 Å². The van der Waals surface area contributed by atoms with Crippen LogP contribution in [0, 0.1) is 13.8 Å². The summed E-state index contributed by atoms with van der Waals surface area (Å²) in [5, 5.41) is 0. The number of aromatic nitrogens is 2. The van der Waals surface area contributed by atoms with Crippen LogP contribution in [0.25, 0.3) is 0 Å². The zero-order valence-electron chi connectivity index (χ0n) is 13.8. The Balaban J connectivity index is 2.13. The first-order valence-corrected chi connectivity index (χ1v) is 8.26. The highest BCUT2D eigenvalue weighted by Crippen LogP contribution is 2.13. The summed E-state index contributed by atoms with van der Waals surface area (Å²) >= 11 is 1.58. The molecule has 0 fully saturated rings. The zero-order chi connectivity index (χ0) is 16.4. The molecule has 0 aliphatic rings. The van der Waals surface area contributed by atoms with Gasteiger partial charge in [0.2, 0.25) is 10.4 Å². The number of benzene rings is 2. The fourth-order valence-corrected chi connectivity index (χ4v) is 3.22. The van der Waals surface area contributed by atoms with E-state index in [4.69, 9.17) is 9.98 Å². The van der Waals surface area contributed by atoms with E-state index >= 15 is 0 Å². The number of hydrogen-bond acceptors (Lipinski definition) is 3. The number of rotatable bonds is 2. The van der Waals surface area contributed by atoms with E-state index < -0.39 is 0 Å². The smallest absolute Gasteiger partial charge is 0.221 e. The SMILES string of the molecule is Cc1cccc(N=c2sn(C)c(=Nc3cccc(C)c3)n2C)c1. The Hall–Kier alpha value is -2.40. The monoisotopic (exact) mass is 324 g/mol. The fourth-order valence-electron chi connectivity index (χ4n) is 2.38. The van der Waals surface area contributed by atoms with Crippen molar-refractivity contribution in [2.45, 2.75) is 13.8 Å². The van der Waals surface area contributed by atoms with Crippen molar-refractivity contribution in [1.82, 2.24) is 8.52 Å². The van der Waals surface area contributed by atoms with Gasteiger partial charge in [0.05, 0.1) is 11.4 Å². The van der Waals surface area contributed by atoms with Gasteiger partial charge in [-0.2, -0.15) is 0 Å². The lowest BCUT2D eigenvalue weighted by atomic mass is 10.2. The van der Waals surface area contributed by atoms with Crippen molar-refractivity contribution in [2.75, 3.05) is 0 Å². The first kappa shape index (κ1) is 15.5. The molecule has 3 aromatic rings. The predicted octanol–water partition coefficient (Wildman–Crippen LogP) is 3.51. The minimum atomic E-state index is 0.881. The lowest BCUT2D eigenvalue weighted by Gasteiger charge is -1.97. The highest BCUT2D eigenvalue weighted by molar-refractivity contribution is 7.03. The van der Waals surface area contributed by atoms with E-state index in [1.165, 1.54) is 11.1 Å². The Kier molecular flexibility index (Phi) is 4.30. The van der Waals surface area contributed by atoms with E-state index in [1.54, 1.807) is 11.5 Å². The van der Waals surface area contributed by atoms with Crippen LogP contribution in [-0.2, 0) is 14.1 Å². The minimum absolute atomic E-state index is 0.881. The standard InChI is InChI=1S/C18H20N4S/c1-13-7-5-9-15(11-13)19-17-21(3)18(23-22(17)4)20-16-10-6-8-14(2)12-16/h5-12H,1-4H3. The van der Waals surface area contributed by atoms with Crippen LogP contribution in [0.5, 0.6) is 0 Å². The van der Waals surface area contributed by atoms with Crippen LogP contribution in [-0.4, -0.2) is 8.52 Å². The van der Waals surface area contributed by atoms with Gasteiger partial charge < -0.3 is 0 Å². The van der Waals surface area contributed by atoms with Gasteiger partial charge >= 0.3 is 0 Å². The molecule has 0 atom stereocenters. The van der Waals surface area contributed by atoms with Crippen LogP contribution in [0.1, 0.15) is 11.1 Å². The minimum Gasteiger partial charge on any atom is -0.289 e. The van der Waals surface area contributed by atoms with Gasteiger partial charge in [-0.05, 0) is 60.8 Å². The molecule has 118 valence electrons. The van der Waals surface area contributed by atoms with Crippen molar-refractivity contribution in [2.24, 2.45) is 24.1 Å². The average molecular weight is 324 g/mol. The molecule has 5 heteroatoms. The molecule has 0 amide bonds. The molecule has 0 aliphatic heterocycles. The first-order chi connectivity index (χ1) is 11.0. The molecule has 0 radical (unpaired) electrons. The average Bonchev–Trinajstić information content (AvgIpc) is 2.75. The van der Waals surface area contributed by atoms with E-state index in [9.17, 15) is 0 Å². The van der Waals surface area contributed by atoms with Gasteiger partial charge in [-0.25, -0.2) is 9.98 Å². The Labute approximate surface area is 139 Å². The Morgan fingerprint density at radius 3 is 1.96 bits per heavy atom. The Bertz CT molecular complexity index is 973. The van der Waals surface area contributed by atoms with Crippen molar-refractivity contribution in [1.29, 1.82) is 0 Å². The maximum absolute atomic E-state index is 4.76. The van der Waals surface area contributed by atoms with Crippen molar-refractivity contribution >= 4 is 22.9 Å². The second-order valence-electron chi connectivity index (χ2n) is 5.63. The van der Waals surface area contributed by atoms with Crippen LogP contribution >= 0.6 is 11.5 Å². The highest BCUT2D eigenvalue weighted by Gasteiger charge is 2.01. The van der Waals surface area contributed by atoms with Crippen molar-refractivity contribution in [3.05, 3.63) is 70.1 Å². The van der Waals surface area contributed by atoms with Gasteiger partial charge in [-0.3, -0.25) is 8.52 Å². The summed E-state index contributed by atoms with van der Waals surface area (Å²) in [6.07, 6.45) is 0. The quantitative estimate of drug-likeness (QED) is 0.691. The molecule has 0 unspecified atom stereocenters. The zero-order valence-corrected chi connectivity index (χ0v) is 14.6. The molecule has 0 saturated heterocycles. The van der Waals surface area contributed by atoms with Gasteiger partial charge in [0.1, 0.15) is 0 Å². The van der Waals surface area contributed by atoms with Crippen LogP contribution in [0.15, 0.2) is 58.5 Å². The summed E-state index contributed by atoms with van der Waals surface area (Å²) in [6.45, 7) is 4.15. The highest BCUT2D eigenvalue weighted by atomic mass is 32.1. The summed E-state index contributed by atoms with van der Waals surface area (Å²) in [7, 11) is 4.01. The molecular formula is C18H20N4S. The molecule has 0 N–H and O–H groups in total. The molecule has 3 rings (SSSR count). The molecule has 2 aromatic carbocycles. The van der Waals surface area contributed by atoms with Gasteiger partial charge in [0.25, 0.3) is 0 Å². The third-order valence-electron chi connectivity index (χ3n) is 3.54. The molecule has 23 heavy (non-hydrogen) atoms. The predicted molar refractivity (Wildman–Crippen MR) is 95.1 cm³/mol. The Morgan fingerprint density at radius 2 is 1.39 bits per heavy atom. The second kappa shape index (κ2) is 6.38. The summed E-state index contributed by atoms with van der Waals surface area (Å²) in [5.74, 6) is 0. The normalized spacial score (nSPS) is 12.9. The molecule has 1 heterocycles. The maximum atomic E-state index is 4.76.